The summed E-state index contributed by atoms with van der Waals surface area (Å²) in [6, 6.07) is 13.8. The lowest BCUT2D eigenvalue weighted by Crippen LogP contribution is -2.28. The minimum atomic E-state index is -0.366. The van der Waals surface area contributed by atoms with Gasteiger partial charge in [0.2, 0.25) is 11.8 Å². The number of fused-ring (bicyclic) bond motifs is 1. The van der Waals surface area contributed by atoms with E-state index in [1.54, 1.807) is 4.90 Å². The molecule has 0 bridgehead atoms. The molecule has 0 spiro atoms. The van der Waals surface area contributed by atoms with E-state index < -0.39 is 0 Å². The Kier molecular flexibility index (Phi) is 4.20. The molecule has 1 N–H and O–H groups in total. The maximum absolute atomic E-state index is 12.6. The van der Waals surface area contributed by atoms with Gasteiger partial charge < -0.3 is 10.2 Å². The zero-order valence-electron chi connectivity index (χ0n) is 14.7. The molecule has 2 aromatic carbocycles. The molecule has 0 saturated carbocycles. The molecule has 1 aromatic heterocycles. The van der Waals surface area contributed by atoms with Gasteiger partial charge in [0.1, 0.15) is 0 Å². The lowest BCUT2D eigenvalue weighted by atomic mass is 10.1. The summed E-state index contributed by atoms with van der Waals surface area (Å²) >= 11 is 1.44. The van der Waals surface area contributed by atoms with E-state index in [4.69, 9.17) is 0 Å². The second-order valence-corrected chi connectivity index (χ2v) is 7.70. The van der Waals surface area contributed by atoms with Crippen molar-refractivity contribution in [2.24, 2.45) is 5.92 Å². The van der Waals surface area contributed by atoms with E-state index in [2.05, 4.69) is 16.4 Å². The molecule has 132 valence electrons. The normalized spacial score (nSPS) is 17.1. The summed E-state index contributed by atoms with van der Waals surface area (Å²) in [5.41, 5.74) is 3.96. The van der Waals surface area contributed by atoms with Crippen LogP contribution in [-0.2, 0) is 9.59 Å². The number of rotatable bonds is 3. The highest BCUT2D eigenvalue weighted by molar-refractivity contribution is 7.22. The number of nitrogens with one attached hydrogen (secondary N) is 1. The Morgan fingerprint density at radius 3 is 2.81 bits per heavy atom. The molecular formula is C20H19N3O2S. The zero-order chi connectivity index (χ0) is 18.3. The number of aromatic nitrogens is 1. The standard InChI is InChI=1S/C20H19N3O2S/c1-12-7-8-16(13(2)9-12)23-11-14(10-18(23)24)19(25)22-20-21-15-5-3-4-6-17(15)26-20/h3-9,14H,10-11H2,1-2H3,(H,21,22,25). The van der Waals surface area contributed by atoms with Crippen molar-refractivity contribution in [3.63, 3.8) is 0 Å². The van der Waals surface area contributed by atoms with Crippen LogP contribution in [0.25, 0.3) is 10.2 Å². The first kappa shape index (κ1) is 16.7. The van der Waals surface area contributed by atoms with Crippen molar-refractivity contribution in [3.8, 4) is 0 Å². The van der Waals surface area contributed by atoms with Gasteiger partial charge in [-0.3, -0.25) is 9.59 Å². The first-order chi connectivity index (χ1) is 12.5. The van der Waals surface area contributed by atoms with E-state index in [1.165, 1.54) is 11.3 Å². The third-order valence-corrected chi connectivity index (χ3v) is 5.61. The van der Waals surface area contributed by atoms with Crippen LogP contribution in [-0.4, -0.2) is 23.3 Å². The summed E-state index contributed by atoms with van der Waals surface area (Å²) < 4.78 is 1.03. The van der Waals surface area contributed by atoms with E-state index in [0.29, 0.717) is 11.7 Å². The monoisotopic (exact) mass is 365 g/mol. The van der Waals surface area contributed by atoms with Crippen molar-refractivity contribution in [1.82, 2.24) is 4.98 Å². The number of para-hydroxylation sites is 1. The molecule has 1 atom stereocenters. The van der Waals surface area contributed by atoms with Gasteiger partial charge >= 0.3 is 0 Å². The fraction of sp³-hybridized carbons (Fsp3) is 0.250. The maximum Gasteiger partial charge on any atom is 0.231 e. The van der Waals surface area contributed by atoms with Gasteiger partial charge in [-0.2, -0.15) is 0 Å². The van der Waals surface area contributed by atoms with E-state index in [9.17, 15) is 9.59 Å². The SMILES string of the molecule is Cc1ccc(N2CC(C(=O)Nc3nc4ccccc4s3)CC2=O)c(C)c1. The lowest BCUT2D eigenvalue weighted by molar-refractivity contribution is -0.122. The van der Waals surface area contributed by atoms with Crippen LogP contribution in [0.2, 0.25) is 0 Å². The number of amides is 2. The maximum atomic E-state index is 12.6. The third kappa shape index (κ3) is 3.08. The van der Waals surface area contributed by atoms with Crippen LogP contribution in [0.3, 0.4) is 0 Å². The number of nitrogens with zero attached hydrogens (tertiary/aromatic N) is 2. The summed E-state index contributed by atoms with van der Waals surface area (Å²) in [6.07, 6.45) is 0.226. The van der Waals surface area contributed by atoms with Crippen LogP contribution >= 0.6 is 11.3 Å². The topological polar surface area (TPSA) is 62.3 Å². The van der Waals surface area contributed by atoms with Gasteiger partial charge in [0.25, 0.3) is 0 Å². The molecule has 3 aromatic rings. The first-order valence-corrected chi connectivity index (χ1v) is 9.37. The molecule has 6 heteroatoms. The third-order valence-electron chi connectivity index (χ3n) is 4.66. The number of anilines is 2. The summed E-state index contributed by atoms with van der Waals surface area (Å²) in [5, 5.41) is 3.46. The fourth-order valence-electron chi connectivity index (χ4n) is 3.36. The van der Waals surface area contributed by atoms with Crippen LogP contribution < -0.4 is 10.2 Å². The fourth-order valence-corrected chi connectivity index (χ4v) is 4.23. The average Bonchev–Trinajstić information content (AvgIpc) is 3.18. The highest BCUT2D eigenvalue weighted by atomic mass is 32.1. The number of thiazole rings is 1. The minimum absolute atomic E-state index is 0.0126. The van der Waals surface area contributed by atoms with Crippen molar-refractivity contribution >= 4 is 44.2 Å². The van der Waals surface area contributed by atoms with E-state index in [-0.39, 0.29) is 24.2 Å². The van der Waals surface area contributed by atoms with Crippen LogP contribution in [0.4, 0.5) is 10.8 Å². The summed E-state index contributed by atoms with van der Waals surface area (Å²) in [6.45, 7) is 4.42. The second kappa shape index (κ2) is 6.53. The Labute approximate surface area is 155 Å². The predicted molar refractivity (Wildman–Crippen MR) is 105 cm³/mol. The van der Waals surface area contributed by atoms with Crippen molar-refractivity contribution in [1.29, 1.82) is 0 Å². The quantitative estimate of drug-likeness (QED) is 0.765. The summed E-state index contributed by atoms with van der Waals surface area (Å²) in [5.74, 6) is -0.527. The van der Waals surface area contributed by atoms with Crippen molar-refractivity contribution in [2.75, 3.05) is 16.8 Å². The molecule has 1 saturated heterocycles. The number of carbonyl (C=O) groups is 2. The zero-order valence-corrected chi connectivity index (χ0v) is 15.5. The van der Waals surface area contributed by atoms with Crippen molar-refractivity contribution < 1.29 is 9.59 Å². The number of aryl methyl sites for hydroxylation is 2. The molecule has 1 aliphatic rings. The highest BCUT2D eigenvalue weighted by Crippen LogP contribution is 2.30. The van der Waals surface area contributed by atoms with Crippen molar-refractivity contribution in [3.05, 3.63) is 53.6 Å². The molecule has 5 nitrogen and oxygen atoms in total. The Bertz CT molecular complexity index is 978. The summed E-state index contributed by atoms with van der Waals surface area (Å²) in [7, 11) is 0. The number of hydrogen-bond donors (Lipinski definition) is 1. The largest absolute Gasteiger partial charge is 0.311 e. The summed E-state index contributed by atoms with van der Waals surface area (Å²) in [4.78, 5) is 31.2. The van der Waals surface area contributed by atoms with Crippen LogP contribution in [0, 0.1) is 19.8 Å². The van der Waals surface area contributed by atoms with E-state index >= 15 is 0 Å². The average molecular weight is 365 g/mol. The van der Waals surface area contributed by atoms with Gasteiger partial charge in [-0.05, 0) is 37.6 Å². The molecule has 1 fully saturated rings. The van der Waals surface area contributed by atoms with Crippen LogP contribution in [0.15, 0.2) is 42.5 Å². The highest BCUT2D eigenvalue weighted by Gasteiger charge is 2.36. The van der Waals surface area contributed by atoms with Crippen LogP contribution in [0.1, 0.15) is 17.5 Å². The van der Waals surface area contributed by atoms with Crippen LogP contribution in [0.5, 0.6) is 0 Å². The Hall–Kier alpha value is -2.73. The van der Waals surface area contributed by atoms with E-state index in [0.717, 1.165) is 27.0 Å². The van der Waals surface area contributed by atoms with Gasteiger partial charge in [0.05, 0.1) is 16.1 Å². The van der Waals surface area contributed by atoms with Gasteiger partial charge in [0, 0.05) is 18.7 Å². The lowest BCUT2D eigenvalue weighted by Gasteiger charge is -2.19. The Balaban J connectivity index is 1.50. The number of carbonyl (C=O) groups excluding carboxylic acids is 2. The van der Waals surface area contributed by atoms with Gasteiger partial charge in [-0.25, -0.2) is 4.98 Å². The minimum Gasteiger partial charge on any atom is -0.311 e. The molecule has 4 rings (SSSR count). The Morgan fingerprint density at radius 2 is 2.04 bits per heavy atom. The van der Waals surface area contributed by atoms with Crippen molar-refractivity contribution in [2.45, 2.75) is 20.3 Å². The van der Waals surface area contributed by atoms with Gasteiger partial charge in [-0.1, -0.05) is 41.2 Å². The molecule has 0 aliphatic carbocycles. The smallest absolute Gasteiger partial charge is 0.231 e. The first-order valence-electron chi connectivity index (χ1n) is 8.55. The van der Waals surface area contributed by atoms with E-state index in [1.807, 2.05) is 50.2 Å². The molecule has 0 radical (unpaired) electrons. The number of hydrogen-bond acceptors (Lipinski definition) is 4. The predicted octanol–water partition coefficient (Wildman–Crippen LogP) is 3.90. The molecule has 1 aliphatic heterocycles. The second-order valence-electron chi connectivity index (χ2n) is 6.67. The molecule has 2 amide bonds. The molecule has 2 heterocycles. The molecule has 1 unspecified atom stereocenters. The number of benzene rings is 2. The molecular weight excluding hydrogens is 346 g/mol. The Morgan fingerprint density at radius 1 is 1.23 bits per heavy atom. The molecule has 26 heavy (non-hydrogen) atoms. The van der Waals surface area contributed by atoms with Gasteiger partial charge in [-0.15, -0.1) is 0 Å². The van der Waals surface area contributed by atoms with Gasteiger partial charge in [0.15, 0.2) is 5.13 Å².